The number of thiocarbonyl (C=S) groups is 1. The number of carbonyl (C=O) groups is 1. The standard InChI is InChI=1S/C27H30ClN5O2S/c1-17(2)26(34)30-21-11-10-18(15-20(21)28)33-25(24(31-27(33)36)22-8-3-4-12-29-22)23-9-5-13-32(23)16-19-7-6-14-35-19/h3-5,8-13,15,17,19,24-25H,6-7,14,16H2,1-2H3,(H,30,34)(H,31,36). The number of hydrogen-bond acceptors (Lipinski definition) is 4. The Balaban J connectivity index is 1.53. The molecule has 3 atom stereocenters. The molecule has 2 aromatic heterocycles. The van der Waals surface area contributed by atoms with Crippen LogP contribution in [-0.2, 0) is 16.1 Å². The van der Waals surface area contributed by atoms with Crippen molar-refractivity contribution in [3.8, 4) is 0 Å². The van der Waals surface area contributed by atoms with E-state index in [0.717, 1.165) is 43.1 Å². The highest BCUT2D eigenvalue weighted by Gasteiger charge is 2.42. The lowest BCUT2D eigenvalue weighted by Crippen LogP contribution is -2.31. The molecule has 2 aliphatic heterocycles. The fourth-order valence-corrected chi connectivity index (χ4v) is 5.40. The number of anilines is 2. The lowest BCUT2D eigenvalue weighted by molar-refractivity contribution is -0.118. The highest BCUT2D eigenvalue weighted by molar-refractivity contribution is 7.80. The van der Waals surface area contributed by atoms with E-state index in [1.807, 2.05) is 50.2 Å². The molecule has 1 amide bonds. The highest BCUT2D eigenvalue weighted by atomic mass is 35.5. The molecule has 0 radical (unpaired) electrons. The van der Waals surface area contributed by atoms with Crippen LogP contribution in [0.3, 0.4) is 0 Å². The van der Waals surface area contributed by atoms with Crippen molar-refractivity contribution >= 4 is 46.2 Å². The molecule has 0 saturated carbocycles. The molecule has 3 aromatic rings. The summed E-state index contributed by atoms with van der Waals surface area (Å²) in [6.45, 7) is 5.30. The number of aromatic nitrogens is 2. The quantitative estimate of drug-likeness (QED) is 0.399. The van der Waals surface area contributed by atoms with E-state index in [4.69, 9.17) is 28.6 Å². The third kappa shape index (κ3) is 4.98. The summed E-state index contributed by atoms with van der Waals surface area (Å²) >= 11 is 12.5. The first-order chi connectivity index (χ1) is 17.4. The van der Waals surface area contributed by atoms with Gasteiger partial charge in [-0.25, -0.2) is 0 Å². The summed E-state index contributed by atoms with van der Waals surface area (Å²) in [4.78, 5) is 18.9. The topological polar surface area (TPSA) is 71.4 Å². The van der Waals surface area contributed by atoms with Gasteiger partial charge < -0.3 is 24.8 Å². The first-order valence-corrected chi connectivity index (χ1v) is 13.1. The molecule has 5 rings (SSSR count). The van der Waals surface area contributed by atoms with Gasteiger partial charge in [-0.1, -0.05) is 31.5 Å². The second kappa shape index (κ2) is 10.6. The summed E-state index contributed by atoms with van der Waals surface area (Å²) in [6.07, 6.45) is 6.26. The number of benzene rings is 1. The second-order valence-corrected chi connectivity index (χ2v) is 10.3. The van der Waals surface area contributed by atoms with Gasteiger partial charge in [0.05, 0.1) is 28.5 Å². The average molecular weight is 524 g/mol. The van der Waals surface area contributed by atoms with Gasteiger partial charge in [0.15, 0.2) is 5.11 Å². The van der Waals surface area contributed by atoms with Gasteiger partial charge in [0, 0.05) is 42.8 Å². The van der Waals surface area contributed by atoms with Crippen molar-refractivity contribution in [1.29, 1.82) is 0 Å². The zero-order chi connectivity index (χ0) is 25.2. The molecule has 0 bridgehead atoms. The van der Waals surface area contributed by atoms with Crippen LogP contribution in [0.4, 0.5) is 11.4 Å². The largest absolute Gasteiger partial charge is 0.376 e. The molecule has 188 valence electrons. The minimum Gasteiger partial charge on any atom is -0.376 e. The van der Waals surface area contributed by atoms with E-state index in [-0.39, 0.29) is 30.0 Å². The third-order valence-corrected chi connectivity index (χ3v) is 7.33. The summed E-state index contributed by atoms with van der Waals surface area (Å²) < 4.78 is 8.19. The molecule has 36 heavy (non-hydrogen) atoms. The van der Waals surface area contributed by atoms with Crippen LogP contribution in [0.25, 0.3) is 0 Å². The van der Waals surface area contributed by atoms with Gasteiger partial charge in [-0.3, -0.25) is 9.78 Å². The minimum absolute atomic E-state index is 0.0805. The number of nitrogens with one attached hydrogen (secondary N) is 2. The Bertz CT molecular complexity index is 1240. The van der Waals surface area contributed by atoms with Crippen molar-refractivity contribution < 1.29 is 9.53 Å². The number of pyridine rings is 1. The molecule has 2 saturated heterocycles. The van der Waals surface area contributed by atoms with Crippen LogP contribution < -0.4 is 15.5 Å². The Kier molecular flexibility index (Phi) is 7.27. The lowest BCUT2D eigenvalue weighted by atomic mass is 10.0. The number of rotatable bonds is 7. The van der Waals surface area contributed by atoms with Gasteiger partial charge in [-0.2, -0.15) is 0 Å². The SMILES string of the molecule is CC(C)C(=O)Nc1ccc(N2C(=S)NC(c3ccccn3)C2c2cccn2CC2CCCO2)cc1Cl. The average Bonchev–Trinajstić information content (AvgIpc) is 3.61. The Morgan fingerprint density at radius 1 is 1.28 bits per heavy atom. The zero-order valence-electron chi connectivity index (χ0n) is 20.4. The van der Waals surface area contributed by atoms with E-state index < -0.39 is 0 Å². The number of amides is 1. The van der Waals surface area contributed by atoms with Gasteiger partial charge in [0.1, 0.15) is 6.04 Å². The maximum Gasteiger partial charge on any atom is 0.226 e. The van der Waals surface area contributed by atoms with Crippen LogP contribution in [0.1, 0.15) is 50.2 Å². The summed E-state index contributed by atoms with van der Waals surface area (Å²) in [6, 6.07) is 15.4. The second-order valence-electron chi connectivity index (χ2n) is 9.53. The van der Waals surface area contributed by atoms with Crippen molar-refractivity contribution in [3.63, 3.8) is 0 Å². The van der Waals surface area contributed by atoms with Crippen molar-refractivity contribution in [2.45, 2.75) is 51.4 Å². The zero-order valence-corrected chi connectivity index (χ0v) is 21.9. The van der Waals surface area contributed by atoms with Gasteiger partial charge in [0.25, 0.3) is 0 Å². The molecule has 0 spiro atoms. The summed E-state index contributed by atoms with van der Waals surface area (Å²) in [5, 5.41) is 7.44. The smallest absolute Gasteiger partial charge is 0.226 e. The van der Waals surface area contributed by atoms with Gasteiger partial charge in [0.2, 0.25) is 5.91 Å². The molecular weight excluding hydrogens is 494 g/mol. The molecule has 9 heteroatoms. The number of ether oxygens (including phenoxy) is 1. The van der Waals surface area contributed by atoms with Crippen LogP contribution in [0, 0.1) is 5.92 Å². The first-order valence-electron chi connectivity index (χ1n) is 12.3. The van der Waals surface area contributed by atoms with E-state index in [1.165, 1.54) is 0 Å². The molecular formula is C27H30ClN5O2S. The van der Waals surface area contributed by atoms with E-state index in [2.05, 4.69) is 43.4 Å². The Morgan fingerprint density at radius 2 is 2.14 bits per heavy atom. The molecule has 2 N–H and O–H groups in total. The maximum absolute atomic E-state index is 12.2. The first kappa shape index (κ1) is 24.7. The molecule has 2 aliphatic rings. The fourth-order valence-electron chi connectivity index (χ4n) is 4.84. The van der Waals surface area contributed by atoms with Crippen molar-refractivity contribution in [3.05, 3.63) is 77.3 Å². The molecule has 7 nitrogen and oxygen atoms in total. The van der Waals surface area contributed by atoms with Crippen LogP contribution in [-0.4, -0.2) is 33.3 Å². The summed E-state index contributed by atoms with van der Waals surface area (Å²) in [5.41, 5.74) is 3.44. The van der Waals surface area contributed by atoms with Crippen LogP contribution in [0.2, 0.25) is 5.02 Å². The number of hydrogen-bond donors (Lipinski definition) is 2. The molecule has 0 aliphatic carbocycles. The van der Waals surface area contributed by atoms with E-state index in [0.29, 0.717) is 15.8 Å². The van der Waals surface area contributed by atoms with Gasteiger partial charge >= 0.3 is 0 Å². The van der Waals surface area contributed by atoms with Crippen molar-refractivity contribution in [2.24, 2.45) is 5.92 Å². The normalized spacial score (nSPS) is 21.7. The molecule has 1 aromatic carbocycles. The number of halogens is 1. The highest BCUT2D eigenvalue weighted by Crippen LogP contribution is 2.43. The fraction of sp³-hybridized carbons (Fsp3) is 0.370. The monoisotopic (exact) mass is 523 g/mol. The van der Waals surface area contributed by atoms with Gasteiger partial charge in [-0.15, -0.1) is 0 Å². The Labute approximate surface area is 221 Å². The Morgan fingerprint density at radius 3 is 2.83 bits per heavy atom. The predicted octanol–water partition coefficient (Wildman–Crippen LogP) is 5.49. The van der Waals surface area contributed by atoms with E-state index >= 15 is 0 Å². The molecule has 2 fully saturated rings. The lowest BCUT2D eigenvalue weighted by Gasteiger charge is -2.29. The van der Waals surface area contributed by atoms with Crippen LogP contribution in [0.5, 0.6) is 0 Å². The van der Waals surface area contributed by atoms with Crippen molar-refractivity contribution in [1.82, 2.24) is 14.9 Å². The number of carbonyl (C=O) groups excluding carboxylic acids is 1. The van der Waals surface area contributed by atoms with Crippen LogP contribution >= 0.6 is 23.8 Å². The van der Waals surface area contributed by atoms with E-state index in [9.17, 15) is 4.79 Å². The maximum atomic E-state index is 12.2. The number of nitrogens with zero attached hydrogens (tertiary/aromatic N) is 3. The Hall–Kier alpha value is -2.94. The summed E-state index contributed by atoms with van der Waals surface area (Å²) in [5.74, 6) is -0.223. The third-order valence-electron chi connectivity index (χ3n) is 6.70. The minimum atomic E-state index is -0.157. The molecule has 3 unspecified atom stereocenters. The van der Waals surface area contributed by atoms with Gasteiger partial charge in [-0.05, 0) is 67.5 Å². The van der Waals surface area contributed by atoms with Crippen molar-refractivity contribution in [2.75, 3.05) is 16.8 Å². The van der Waals surface area contributed by atoms with E-state index in [1.54, 1.807) is 6.20 Å². The predicted molar refractivity (Wildman–Crippen MR) is 146 cm³/mol. The molecule has 4 heterocycles. The summed E-state index contributed by atoms with van der Waals surface area (Å²) in [7, 11) is 0. The van der Waals surface area contributed by atoms with Crippen LogP contribution in [0.15, 0.2) is 60.9 Å².